The first-order valence-corrected chi connectivity index (χ1v) is 8.80. The Balaban J connectivity index is 1.61. The van der Waals surface area contributed by atoms with Gasteiger partial charge < -0.3 is 14.6 Å². The summed E-state index contributed by atoms with van der Waals surface area (Å²) >= 11 is 0. The molecule has 1 aliphatic heterocycles. The minimum Gasteiger partial charge on any atom is -0.454 e. The molecule has 0 radical (unpaired) electrons. The highest BCUT2D eigenvalue weighted by atomic mass is 16.5. The van der Waals surface area contributed by atoms with E-state index in [0.717, 1.165) is 4.90 Å². The van der Waals surface area contributed by atoms with Crippen molar-refractivity contribution in [3.63, 3.8) is 0 Å². The Labute approximate surface area is 159 Å². The van der Waals surface area contributed by atoms with Gasteiger partial charge in [-0.2, -0.15) is 0 Å². The summed E-state index contributed by atoms with van der Waals surface area (Å²) in [7, 11) is 0. The molecule has 0 unspecified atom stereocenters. The zero-order valence-electron chi connectivity index (χ0n) is 14.9. The second kappa shape index (κ2) is 7.15. The lowest BCUT2D eigenvalue weighted by molar-refractivity contribution is -0.151. The number of pyridine rings is 1. The van der Waals surface area contributed by atoms with E-state index in [1.807, 2.05) is 0 Å². The van der Waals surface area contributed by atoms with Crippen LogP contribution >= 0.6 is 0 Å². The molecule has 1 aromatic heterocycles. The van der Waals surface area contributed by atoms with E-state index in [-0.39, 0.29) is 18.5 Å². The topological polar surface area (TPSA) is 97.7 Å². The van der Waals surface area contributed by atoms with Gasteiger partial charge in [0, 0.05) is 23.9 Å². The number of carbonyl (C=O) groups is 3. The molecule has 0 spiro atoms. The maximum Gasteiger partial charge on any atom is 0.326 e. The van der Waals surface area contributed by atoms with Crippen LogP contribution in [-0.2, 0) is 20.9 Å². The normalized spacial score (nSPS) is 13.7. The highest BCUT2D eigenvalue weighted by Crippen LogP contribution is 2.19. The molecule has 1 aliphatic rings. The van der Waals surface area contributed by atoms with Crippen LogP contribution in [0.1, 0.15) is 0 Å². The minimum absolute atomic E-state index is 0.106. The SMILES string of the molecule is O=C(Cn1c2ccccc2c(=O)c2ccccc21)OCC(=O)N1CCNC1=O. The number of fused-ring (bicyclic) bond motifs is 2. The van der Waals surface area contributed by atoms with Crippen molar-refractivity contribution in [1.29, 1.82) is 0 Å². The average Bonchev–Trinajstić information content (AvgIpc) is 3.15. The monoisotopic (exact) mass is 379 g/mol. The van der Waals surface area contributed by atoms with Crippen molar-refractivity contribution in [3.8, 4) is 0 Å². The summed E-state index contributed by atoms with van der Waals surface area (Å²) in [6.45, 7) is -0.0405. The first-order valence-electron chi connectivity index (χ1n) is 8.80. The largest absolute Gasteiger partial charge is 0.454 e. The highest BCUT2D eigenvalue weighted by Gasteiger charge is 2.26. The summed E-state index contributed by atoms with van der Waals surface area (Å²) in [5.41, 5.74) is 1.10. The standard InChI is InChI=1S/C20H17N3O5/c24-17(22-10-9-21-20(22)27)12-28-18(25)11-23-15-7-3-1-5-13(15)19(26)14-6-2-4-8-16(14)23/h1-8H,9-12H2,(H,21,27). The van der Waals surface area contributed by atoms with E-state index >= 15 is 0 Å². The van der Waals surface area contributed by atoms with Gasteiger partial charge in [-0.3, -0.25) is 19.3 Å². The van der Waals surface area contributed by atoms with Crippen molar-refractivity contribution in [2.45, 2.75) is 6.54 Å². The minimum atomic E-state index is -0.632. The third-order valence-corrected chi connectivity index (χ3v) is 4.68. The Morgan fingerprint density at radius 3 is 2.14 bits per heavy atom. The van der Waals surface area contributed by atoms with Crippen molar-refractivity contribution in [3.05, 3.63) is 58.8 Å². The third-order valence-electron chi connectivity index (χ3n) is 4.68. The smallest absolute Gasteiger partial charge is 0.326 e. The van der Waals surface area contributed by atoms with E-state index in [9.17, 15) is 19.2 Å². The summed E-state index contributed by atoms with van der Waals surface area (Å²) in [6.07, 6.45) is 0. The first kappa shape index (κ1) is 17.7. The van der Waals surface area contributed by atoms with E-state index in [1.165, 1.54) is 0 Å². The average molecular weight is 379 g/mol. The fraction of sp³-hybridized carbons (Fsp3) is 0.200. The molecule has 142 valence electrons. The molecule has 2 heterocycles. The number of nitrogens with zero attached hydrogens (tertiary/aromatic N) is 2. The van der Waals surface area contributed by atoms with Gasteiger partial charge in [-0.05, 0) is 24.3 Å². The van der Waals surface area contributed by atoms with Crippen molar-refractivity contribution >= 4 is 39.7 Å². The van der Waals surface area contributed by atoms with Crippen LogP contribution in [0, 0.1) is 0 Å². The number of para-hydroxylation sites is 2. The van der Waals surface area contributed by atoms with Crippen molar-refractivity contribution in [1.82, 2.24) is 14.8 Å². The molecular formula is C20H17N3O5. The summed E-state index contributed by atoms with van der Waals surface area (Å²) in [6, 6.07) is 13.6. The second-order valence-electron chi connectivity index (χ2n) is 6.39. The van der Waals surface area contributed by atoms with Crippen LogP contribution in [0.3, 0.4) is 0 Å². The number of hydrogen-bond acceptors (Lipinski definition) is 5. The summed E-state index contributed by atoms with van der Waals surface area (Å²) in [5.74, 6) is -1.20. The van der Waals surface area contributed by atoms with Crippen LogP contribution in [0.5, 0.6) is 0 Å². The molecule has 28 heavy (non-hydrogen) atoms. The number of hydrogen-bond donors (Lipinski definition) is 1. The lowest BCUT2D eigenvalue weighted by atomic mass is 10.1. The number of aromatic nitrogens is 1. The van der Waals surface area contributed by atoms with E-state index in [0.29, 0.717) is 28.4 Å². The second-order valence-corrected chi connectivity index (χ2v) is 6.39. The van der Waals surface area contributed by atoms with Crippen molar-refractivity contribution < 1.29 is 19.1 Å². The fourth-order valence-electron chi connectivity index (χ4n) is 3.35. The zero-order chi connectivity index (χ0) is 19.7. The number of benzene rings is 2. The van der Waals surface area contributed by atoms with Crippen LogP contribution in [0.4, 0.5) is 4.79 Å². The molecule has 3 aromatic rings. The predicted molar refractivity (Wildman–Crippen MR) is 102 cm³/mol. The molecule has 4 rings (SSSR count). The number of amides is 3. The number of nitrogens with one attached hydrogen (secondary N) is 1. The molecular weight excluding hydrogens is 362 g/mol. The lowest BCUT2D eigenvalue weighted by Crippen LogP contribution is -2.37. The van der Waals surface area contributed by atoms with Gasteiger partial charge in [0.25, 0.3) is 5.91 Å². The molecule has 8 nitrogen and oxygen atoms in total. The number of rotatable bonds is 4. The molecule has 1 fully saturated rings. The van der Waals surface area contributed by atoms with Gasteiger partial charge in [-0.1, -0.05) is 24.3 Å². The third kappa shape index (κ3) is 3.09. The Hall–Kier alpha value is -3.68. The highest BCUT2D eigenvalue weighted by molar-refractivity contribution is 5.97. The van der Waals surface area contributed by atoms with Gasteiger partial charge in [-0.15, -0.1) is 0 Å². The molecule has 1 N–H and O–H groups in total. The fourth-order valence-corrected chi connectivity index (χ4v) is 3.35. The van der Waals surface area contributed by atoms with Crippen LogP contribution in [0.25, 0.3) is 21.8 Å². The van der Waals surface area contributed by atoms with Crippen LogP contribution in [0.2, 0.25) is 0 Å². The Morgan fingerprint density at radius 2 is 1.57 bits per heavy atom. The van der Waals surface area contributed by atoms with Gasteiger partial charge in [0.05, 0.1) is 11.0 Å². The summed E-state index contributed by atoms with van der Waals surface area (Å²) < 4.78 is 6.78. The zero-order valence-corrected chi connectivity index (χ0v) is 14.9. The molecule has 8 heteroatoms. The molecule has 0 aliphatic carbocycles. The summed E-state index contributed by atoms with van der Waals surface area (Å²) in [4.78, 5) is 49.6. The number of ether oxygens (including phenoxy) is 1. The Bertz CT molecular complexity index is 1110. The molecule has 1 saturated heterocycles. The van der Waals surface area contributed by atoms with Gasteiger partial charge in [0.2, 0.25) is 0 Å². The molecule has 0 saturated carbocycles. The number of urea groups is 1. The van der Waals surface area contributed by atoms with Gasteiger partial charge in [0.1, 0.15) is 6.54 Å². The van der Waals surface area contributed by atoms with Gasteiger partial charge in [0.15, 0.2) is 12.0 Å². The van der Waals surface area contributed by atoms with Crippen LogP contribution in [0.15, 0.2) is 53.3 Å². The van der Waals surface area contributed by atoms with E-state index in [4.69, 9.17) is 4.74 Å². The van der Waals surface area contributed by atoms with Gasteiger partial charge >= 0.3 is 12.0 Å². The lowest BCUT2D eigenvalue weighted by Gasteiger charge is -2.15. The number of carbonyl (C=O) groups excluding carboxylic acids is 3. The van der Waals surface area contributed by atoms with E-state index in [1.54, 1.807) is 53.1 Å². The molecule has 3 amide bonds. The maximum atomic E-state index is 12.7. The van der Waals surface area contributed by atoms with Crippen molar-refractivity contribution in [2.75, 3.05) is 19.7 Å². The molecule has 2 aromatic carbocycles. The predicted octanol–water partition coefficient (Wildman–Crippen LogP) is 1.25. The van der Waals surface area contributed by atoms with Crippen LogP contribution < -0.4 is 10.7 Å². The van der Waals surface area contributed by atoms with Crippen molar-refractivity contribution in [2.24, 2.45) is 0 Å². The number of imide groups is 1. The van der Waals surface area contributed by atoms with E-state index in [2.05, 4.69) is 5.32 Å². The molecule has 0 bridgehead atoms. The quantitative estimate of drug-likeness (QED) is 0.544. The molecule has 0 atom stereocenters. The van der Waals surface area contributed by atoms with E-state index < -0.39 is 24.5 Å². The first-order chi connectivity index (χ1) is 13.6. The summed E-state index contributed by atoms with van der Waals surface area (Å²) in [5, 5.41) is 3.51. The maximum absolute atomic E-state index is 12.7. The van der Waals surface area contributed by atoms with Crippen LogP contribution in [-0.4, -0.2) is 47.1 Å². The van der Waals surface area contributed by atoms with Gasteiger partial charge in [-0.25, -0.2) is 4.79 Å². The Kier molecular flexibility index (Phi) is 4.52. The Morgan fingerprint density at radius 1 is 0.964 bits per heavy atom. The number of esters is 1.